The molecular formula is C41H56O10. The highest BCUT2D eigenvalue weighted by Crippen LogP contribution is 2.75. The van der Waals surface area contributed by atoms with Crippen LogP contribution in [0.15, 0.2) is 53.6 Å². The number of carbonyl (C=O) groups is 4. The molecule has 5 rings (SSSR count). The SMILES string of the molecule is CCCCCCCC(=O)OC12CC(C)C34C=C(C)C(O)C3(O)C(O)C(COC(=O)C(C)C(C)C)=CC(C4=O)C1C2(C)COC(=O)c1ccccc1. The zero-order chi connectivity index (χ0) is 37.5. The molecule has 1 aromatic rings. The Balaban J connectivity index is 1.58. The molecule has 10 unspecified atom stereocenters. The van der Waals surface area contributed by atoms with Gasteiger partial charge in [0.1, 0.15) is 36.6 Å². The van der Waals surface area contributed by atoms with E-state index in [1.807, 2.05) is 20.8 Å². The van der Waals surface area contributed by atoms with Gasteiger partial charge in [-0.1, -0.05) is 97.6 Å². The van der Waals surface area contributed by atoms with Crippen LogP contribution in [-0.2, 0) is 28.6 Å². The fourth-order valence-corrected chi connectivity index (χ4v) is 9.30. The summed E-state index contributed by atoms with van der Waals surface area (Å²) in [7, 11) is 0. The first-order valence-electron chi connectivity index (χ1n) is 18.7. The number of aliphatic hydroxyl groups is 3. The number of fused-ring (bicyclic) bond motifs is 3. The quantitative estimate of drug-likeness (QED) is 0.0973. The smallest absolute Gasteiger partial charge is 0.338 e. The maximum absolute atomic E-state index is 15.1. The van der Waals surface area contributed by atoms with E-state index in [1.165, 1.54) is 6.08 Å². The molecule has 0 amide bonds. The molecule has 10 atom stereocenters. The van der Waals surface area contributed by atoms with Gasteiger partial charge in [0, 0.05) is 23.7 Å². The summed E-state index contributed by atoms with van der Waals surface area (Å²) < 4.78 is 18.1. The number of ketones is 1. The fourth-order valence-electron chi connectivity index (χ4n) is 9.30. The number of esters is 3. The van der Waals surface area contributed by atoms with E-state index in [9.17, 15) is 29.7 Å². The monoisotopic (exact) mass is 708 g/mol. The molecular weight excluding hydrogens is 652 g/mol. The van der Waals surface area contributed by atoms with Crippen molar-refractivity contribution < 1.29 is 48.7 Å². The zero-order valence-electron chi connectivity index (χ0n) is 31.1. The van der Waals surface area contributed by atoms with Gasteiger partial charge in [-0.2, -0.15) is 0 Å². The van der Waals surface area contributed by atoms with Crippen molar-refractivity contribution in [2.24, 2.45) is 40.4 Å². The van der Waals surface area contributed by atoms with Gasteiger partial charge in [0.2, 0.25) is 0 Å². The molecule has 4 aliphatic rings. The van der Waals surface area contributed by atoms with Crippen LogP contribution in [0.2, 0.25) is 0 Å². The highest BCUT2D eigenvalue weighted by atomic mass is 16.6. The van der Waals surface area contributed by atoms with Crippen LogP contribution < -0.4 is 0 Å². The molecule has 4 aliphatic carbocycles. The number of ether oxygens (including phenoxy) is 3. The molecule has 51 heavy (non-hydrogen) atoms. The van der Waals surface area contributed by atoms with Gasteiger partial charge in [0.15, 0.2) is 5.78 Å². The van der Waals surface area contributed by atoms with Crippen LogP contribution in [0.5, 0.6) is 0 Å². The molecule has 2 bridgehead atoms. The van der Waals surface area contributed by atoms with Crippen molar-refractivity contribution in [3.63, 3.8) is 0 Å². The van der Waals surface area contributed by atoms with Crippen molar-refractivity contribution in [3.05, 3.63) is 59.2 Å². The Kier molecular flexibility index (Phi) is 11.1. The van der Waals surface area contributed by atoms with Crippen molar-refractivity contribution in [3.8, 4) is 0 Å². The molecule has 0 radical (unpaired) electrons. The normalized spacial score (nSPS) is 35.7. The summed E-state index contributed by atoms with van der Waals surface area (Å²) in [6.07, 6.45) is 4.70. The van der Waals surface area contributed by atoms with E-state index in [0.29, 0.717) is 17.6 Å². The summed E-state index contributed by atoms with van der Waals surface area (Å²) in [6, 6.07) is 8.53. The van der Waals surface area contributed by atoms with E-state index in [-0.39, 0.29) is 30.9 Å². The van der Waals surface area contributed by atoms with E-state index in [0.717, 1.165) is 25.7 Å². The number of rotatable bonds is 14. The number of hydrogen-bond acceptors (Lipinski definition) is 10. The van der Waals surface area contributed by atoms with Crippen molar-refractivity contribution in [2.45, 2.75) is 117 Å². The molecule has 0 heterocycles. The number of unbranched alkanes of at least 4 members (excludes halogenated alkanes) is 4. The molecule has 10 heteroatoms. The average Bonchev–Trinajstić information content (AvgIpc) is 3.56. The van der Waals surface area contributed by atoms with Crippen molar-refractivity contribution in [2.75, 3.05) is 13.2 Å². The minimum atomic E-state index is -2.39. The molecule has 0 aliphatic heterocycles. The summed E-state index contributed by atoms with van der Waals surface area (Å²) in [4.78, 5) is 55.0. The van der Waals surface area contributed by atoms with E-state index in [2.05, 4.69) is 6.92 Å². The third kappa shape index (κ3) is 6.29. The first-order chi connectivity index (χ1) is 24.0. The third-order valence-electron chi connectivity index (χ3n) is 12.7. The summed E-state index contributed by atoms with van der Waals surface area (Å²) in [5, 5.41) is 36.1. The third-order valence-corrected chi connectivity index (χ3v) is 12.7. The summed E-state index contributed by atoms with van der Waals surface area (Å²) in [6.45, 7) is 12.3. The molecule has 10 nitrogen and oxygen atoms in total. The van der Waals surface area contributed by atoms with Crippen LogP contribution >= 0.6 is 0 Å². The molecule has 280 valence electrons. The van der Waals surface area contributed by atoms with E-state index < -0.39 is 88.2 Å². The Morgan fingerprint density at radius 1 is 0.980 bits per heavy atom. The lowest BCUT2D eigenvalue weighted by molar-refractivity contribution is -0.192. The summed E-state index contributed by atoms with van der Waals surface area (Å²) in [5.74, 6) is -4.90. The van der Waals surface area contributed by atoms with Crippen LogP contribution in [-0.4, -0.2) is 75.6 Å². The molecule has 0 aromatic heterocycles. The number of carbonyl (C=O) groups excluding carboxylic acids is 4. The lowest BCUT2D eigenvalue weighted by Crippen LogP contribution is -2.65. The van der Waals surface area contributed by atoms with Crippen LogP contribution in [0.1, 0.15) is 104 Å². The topological polar surface area (TPSA) is 157 Å². The molecule has 1 aromatic carbocycles. The number of benzene rings is 1. The van der Waals surface area contributed by atoms with Crippen LogP contribution in [0, 0.1) is 40.4 Å². The predicted molar refractivity (Wildman–Crippen MR) is 189 cm³/mol. The Bertz CT molecular complexity index is 1560. The Labute approximate surface area is 301 Å². The van der Waals surface area contributed by atoms with Crippen LogP contribution in [0.25, 0.3) is 0 Å². The van der Waals surface area contributed by atoms with Gasteiger partial charge < -0.3 is 29.5 Å². The minimum absolute atomic E-state index is 0.0145. The van der Waals surface area contributed by atoms with Crippen molar-refractivity contribution >= 4 is 23.7 Å². The van der Waals surface area contributed by atoms with Crippen molar-refractivity contribution in [1.82, 2.24) is 0 Å². The van der Waals surface area contributed by atoms with Gasteiger partial charge in [0.25, 0.3) is 0 Å². The minimum Gasteiger partial charge on any atom is -0.461 e. The first kappa shape index (κ1) is 38.9. The van der Waals surface area contributed by atoms with Gasteiger partial charge in [0.05, 0.1) is 16.9 Å². The second-order valence-corrected chi connectivity index (χ2v) is 16.1. The van der Waals surface area contributed by atoms with Gasteiger partial charge in [-0.3, -0.25) is 14.4 Å². The van der Waals surface area contributed by atoms with Crippen molar-refractivity contribution in [1.29, 1.82) is 0 Å². The van der Waals surface area contributed by atoms with E-state index in [1.54, 1.807) is 57.2 Å². The largest absolute Gasteiger partial charge is 0.461 e. The second-order valence-electron chi connectivity index (χ2n) is 16.1. The Morgan fingerprint density at radius 2 is 1.65 bits per heavy atom. The van der Waals surface area contributed by atoms with Crippen LogP contribution in [0.4, 0.5) is 0 Å². The fraction of sp³-hybridized carbons (Fsp3) is 0.659. The van der Waals surface area contributed by atoms with Gasteiger partial charge >= 0.3 is 17.9 Å². The summed E-state index contributed by atoms with van der Waals surface area (Å²) >= 11 is 0. The maximum atomic E-state index is 15.1. The molecule has 3 N–H and O–H groups in total. The Hall–Kier alpha value is -3.34. The number of allylic oxidation sites excluding steroid dienone is 1. The number of hydrogen-bond donors (Lipinski definition) is 3. The first-order valence-corrected chi connectivity index (χ1v) is 18.7. The molecule has 2 saturated carbocycles. The van der Waals surface area contributed by atoms with Gasteiger partial charge in [-0.05, 0) is 54.9 Å². The molecule has 0 saturated heterocycles. The van der Waals surface area contributed by atoms with E-state index in [4.69, 9.17) is 14.2 Å². The summed E-state index contributed by atoms with van der Waals surface area (Å²) in [5.41, 5.74) is -5.70. The van der Waals surface area contributed by atoms with Gasteiger partial charge in [-0.25, -0.2) is 4.79 Å². The number of aliphatic hydroxyl groups excluding tert-OH is 2. The van der Waals surface area contributed by atoms with Gasteiger partial charge in [-0.15, -0.1) is 0 Å². The second kappa shape index (κ2) is 14.6. The lowest BCUT2D eigenvalue weighted by Gasteiger charge is -2.48. The number of Topliss-reactive ketones (excluding diaryl/α,β-unsaturated/α-hetero) is 1. The predicted octanol–water partition coefficient (Wildman–Crippen LogP) is 5.52. The molecule has 1 spiro atoms. The molecule has 2 fully saturated rings. The zero-order valence-corrected chi connectivity index (χ0v) is 31.1. The highest BCUT2D eigenvalue weighted by Gasteiger charge is 2.85. The highest BCUT2D eigenvalue weighted by molar-refractivity contribution is 5.96. The lowest BCUT2D eigenvalue weighted by atomic mass is 9.59. The van der Waals surface area contributed by atoms with E-state index >= 15 is 4.79 Å². The van der Waals surface area contributed by atoms with Crippen LogP contribution in [0.3, 0.4) is 0 Å². The average molecular weight is 709 g/mol. The Morgan fingerprint density at radius 3 is 2.29 bits per heavy atom. The maximum Gasteiger partial charge on any atom is 0.338 e. The standard InChI is InChI=1S/C41H56O10/c1-8-9-10-11-15-18-31(42)51-40-21-26(5)39-20-25(4)33(43)41(39,48)34(44)29(22-49-36(46)27(6)24(2)3)19-30(35(39)45)32(40)38(40,7)23-50-37(47)28-16-13-12-14-17-28/h12-14,16-17,19-20,24,26-27,30,32-34,43-44,48H,8-11,15,18,21-23H2,1-7H3.